The van der Waals surface area contributed by atoms with Crippen molar-refractivity contribution >= 4 is 11.7 Å². The summed E-state index contributed by atoms with van der Waals surface area (Å²) < 4.78 is 19.7. The van der Waals surface area contributed by atoms with Gasteiger partial charge in [0.1, 0.15) is 5.82 Å². The molecule has 0 saturated carbocycles. The van der Waals surface area contributed by atoms with Crippen LogP contribution in [0.25, 0.3) is 0 Å². The number of anilines is 1. The lowest BCUT2D eigenvalue weighted by molar-refractivity contribution is -0.143. The quantitative estimate of drug-likeness (QED) is 0.466. The molecule has 1 atom stereocenters. The number of halogens is 1. The third kappa shape index (κ3) is 6.59. The highest BCUT2D eigenvalue weighted by Crippen LogP contribution is 2.23. The van der Waals surface area contributed by atoms with Crippen molar-refractivity contribution in [3.05, 3.63) is 29.6 Å². The van der Waals surface area contributed by atoms with E-state index in [0.29, 0.717) is 31.1 Å². The van der Waals surface area contributed by atoms with Crippen molar-refractivity contribution in [1.82, 2.24) is 0 Å². The molecule has 0 radical (unpaired) electrons. The Hall–Kier alpha value is -1.58. The molecular formula is C19H30FNO2. The van der Waals surface area contributed by atoms with Gasteiger partial charge in [-0.15, -0.1) is 0 Å². The molecule has 1 aromatic rings. The van der Waals surface area contributed by atoms with Crippen LogP contribution in [0.15, 0.2) is 18.2 Å². The van der Waals surface area contributed by atoms with E-state index in [0.717, 1.165) is 31.4 Å². The van der Waals surface area contributed by atoms with Crippen LogP contribution in [0.5, 0.6) is 0 Å². The second kappa shape index (κ2) is 10.2. The van der Waals surface area contributed by atoms with Crippen molar-refractivity contribution < 1.29 is 13.9 Å². The van der Waals surface area contributed by atoms with Crippen LogP contribution in [-0.2, 0) is 16.0 Å². The van der Waals surface area contributed by atoms with Gasteiger partial charge in [0, 0.05) is 20.0 Å². The molecule has 130 valence electrons. The van der Waals surface area contributed by atoms with Crippen molar-refractivity contribution in [3.8, 4) is 0 Å². The van der Waals surface area contributed by atoms with Crippen LogP contribution >= 0.6 is 0 Å². The summed E-state index contributed by atoms with van der Waals surface area (Å²) in [5, 5.41) is 0. The number of rotatable bonds is 10. The van der Waals surface area contributed by atoms with E-state index in [9.17, 15) is 9.18 Å². The molecule has 4 heteroatoms. The number of unbranched alkanes of at least 4 members (excludes halogenated alkanes) is 1. The van der Waals surface area contributed by atoms with Crippen LogP contribution in [0.1, 0.15) is 52.0 Å². The standard InChI is InChI=1S/C19H30FNO2/c1-5-15(3)14-21(4)17-12-9-11-16(19(17)20)10-7-8-13-23-18(22)6-2/h9,11-12,15H,5-8,10,13-14H2,1-4H3. The van der Waals surface area contributed by atoms with Gasteiger partial charge < -0.3 is 9.64 Å². The number of hydrogen-bond donors (Lipinski definition) is 0. The molecule has 3 nitrogen and oxygen atoms in total. The molecule has 0 amide bonds. The Kier molecular flexibility index (Phi) is 8.67. The topological polar surface area (TPSA) is 29.5 Å². The zero-order chi connectivity index (χ0) is 17.2. The molecule has 0 aromatic heterocycles. The average molecular weight is 323 g/mol. The Morgan fingerprint density at radius 1 is 1.30 bits per heavy atom. The maximum absolute atomic E-state index is 14.6. The second-order valence-corrected chi connectivity index (χ2v) is 6.18. The normalized spacial score (nSPS) is 12.0. The fourth-order valence-corrected chi connectivity index (χ4v) is 2.45. The number of carbonyl (C=O) groups excluding carboxylic acids is 1. The second-order valence-electron chi connectivity index (χ2n) is 6.18. The predicted octanol–water partition coefficient (Wildman–Crippen LogP) is 4.58. The van der Waals surface area contributed by atoms with Crippen LogP contribution in [0.3, 0.4) is 0 Å². The van der Waals surface area contributed by atoms with E-state index < -0.39 is 0 Å². The summed E-state index contributed by atoms with van der Waals surface area (Å²) in [4.78, 5) is 13.0. The van der Waals surface area contributed by atoms with E-state index in [2.05, 4.69) is 13.8 Å². The summed E-state index contributed by atoms with van der Waals surface area (Å²) in [5.41, 5.74) is 1.40. The van der Waals surface area contributed by atoms with Crippen molar-refractivity contribution in [2.45, 2.75) is 52.9 Å². The molecule has 0 bridgehead atoms. The molecule has 0 aliphatic heterocycles. The van der Waals surface area contributed by atoms with Gasteiger partial charge >= 0.3 is 5.97 Å². The van der Waals surface area contributed by atoms with Gasteiger partial charge in [-0.25, -0.2) is 4.39 Å². The molecular weight excluding hydrogens is 293 g/mol. The summed E-state index contributed by atoms with van der Waals surface area (Å²) >= 11 is 0. The minimum atomic E-state index is -0.176. The van der Waals surface area contributed by atoms with Gasteiger partial charge in [-0.3, -0.25) is 4.79 Å². The molecule has 0 heterocycles. The van der Waals surface area contributed by atoms with Crippen LogP contribution < -0.4 is 4.90 Å². The fraction of sp³-hybridized carbons (Fsp3) is 0.632. The molecule has 0 spiro atoms. The molecule has 0 aliphatic rings. The average Bonchev–Trinajstić information content (AvgIpc) is 2.55. The van der Waals surface area contributed by atoms with E-state index in [4.69, 9.17) is 4.74 Å². The summed E-state index contributed by atoms with van der Waals surface area (Å²) in [6.45, 7) is 7.37. The highest BCUT2D eigenvalue weighted by molar-refractivity contribution is 5.68. The van der Waals surface area contributed by atoms with Crippen molar-refractivity contribution in [1.29, 1.82) is 0 Å². The molecule has 1 unspecified atom stereocenters. The SMILES string of the molecule is CCC(=O)OCCCCc1cccc(N(C)CC(C)CC)c1F. The number of carbonyl (C=O) groups is 1. The van der Waals surface area contributed by atoms with Gasteiger partial charge in [0.25, 0.3) is 0 Å². The number of nitrogens with zero attached hydrogens (tertiary/aromatic N) is 1. The number of ether oxygens (including phenoxy) is 1. The Labute approximate surface area is 139 Å². The van der Waals surface area contributed by atoms with Gasteiger partial charge in [0.05, 0.1) is 12.3 Å². The number of hydrogen-bond acceptors (Lipinski definition) is 3. The van der Waals surface area contributed by atoms with E-state index in [1.165, 1.54) is 0 Å². The van der Waals surface area contributed by atoms with Crippen molar-refractivity contribution in [2.24, 2.45) is 5.92 Å². The lowest BCUT2D eigenvalue weighted by atomic mass is 10.0. The first-order valence-electron chi connectivity index (χ1n) is 8.63. The summed E-state index contributed by atoms with van der Waals surface area (Å²) in [6, 6.07) is 5.59. The summed E-state index contributed by atoms with van der Waals surface area (Å²) in [7, 11) is 1.94. The van der Waals surface area contributed by atoms with Crippen molar-refractivity contribution in [2.75, 3.05) is 25.1 Å². The Morgan fingerprint density at radius 3 is 2.70 bits per heavy atom. The zero-order valence-electron chi connectivity index (χ0n) is 14.9. The molecule has 0 fully saturated rings. The summed E-state index contributed by atoms with van der Waals surface area (Å²) in [6.07, 6.45) is 3.73. The van der Waals surface area contributed by atoms with Gasteiger partial charge in [-0.1, -0.05) is 39.3 Å². The molecule has 1 aromatic carbocycles. The van der Waals surface area contributed by atoms with E-state index in [1.54, 1.807) is 6.92 Å². The van der Waals surface area contributed by atoms with Gasteiger partial charge in [-0.05, 0) is 36.8 Å². The van der Waals surface area contributed by atoms with E-state index >= 15 is 0 Å². The zero-order valence-corrected chi connectivity index (χ0v) is 14.9. The van der Waals surface area contributed by atoms with Crippen LogP contribution in [0, 0.1) is 11.7 Å². The molecule has 0 N–H and O–H groups in total. The first-order valence-corrected chi connectivity index (χ1v) is 8.63. The summed E-state index contributed by atoms with van der Waals surface area (Å²) in [5.74, 6) is 0.241. The lowest BCUT2D eigenvalue weighted by Gasteiger charge is -2.24. The smallest absolute Gasteiger partial charge is 0.305 e. The van der Waals surface area contributed by atoms with Crippen LogP contribution in [-0.4, -0.2) is 26.2 Å². The number of aryl methyl sites for hydroxylation is 1. The van der Waals surface area contributed by atoms with Crippen LogP contribution in [0.4, 0.5) is 10.1 Å². The highest BCUT2D eigenvalue weighted by atomic mass is 19.1. The van der Waals surface area contributed by atoms with Crippen LogP contribution in [0.2, 0.25) is 0 Å². The fourth-order valence-electron chi connectivity index (χ4n) is 2.45. The largest absolute Gasteiger partial charge is 0.466 e. The molecule has 0 aliphatic carbocycles. The minimum absolute atomic E-state index is 0.121. The molecule has 0 saturated heterocycles. The predicted molar refractivity (Wildman–Crippen MR) is 93.3 cm³/mol. The third-order valence-corrected chi connectivity index (χ3v) is 4.14. The Morgan fingerprint density at radius 2 is 2.04 bits per heavy atom. The Bertz CT molecular complexity index is 490. The van der Waals surface area contributed by atoms with E-state index in [1.807, 2.05) is 30.1 Å². The van der Waals surface area contributed by atoms with E-state index in [-0.39, 0.29) is 11.8 Å². The highest BCUT2D eigenvalue weighted by Gasteiger charge is 2.13. The van der Waals surface area contributed by atoms with Gasteiger partial charge in [0.2, 0.25) is 0 Å². The maximum Gasteiger partial charge on any atom is 0.305 e. The number of esters is 1. The van der Waals surface area contributed by atoms with Gasteiger partial charge in [0.15, 0.2) is 0 Å². The molecule has 1 rings (SSSR count). The molecule has 23 heavy (non-hydrogen) atoms. The Balaban J connectivity index is 2.54. The third-order valence-electron chi connectivity index (χ3n) is 4.14. The number of benzene rings is 1. The first kappa shape index (κ1) is 19.5. The lowest BCUT2D eigenvalue weighted by Crippen LogP contribution is -2.24. The van der Waals surface area contributed by atoms with Gasteiger partial charge in [-0.2, -0.15) is 0 Å². The minimum Gasteiger partial charge on any atom is -0.466 e. The first-order chi connectivity index (χ1) is 11.0. The maximum atomic E-state index is 14.6. The monoisotopic (exact) mass is 323 g/mol. The van der Waals surface area contributed by atoms with Crippen molar-refractivity contribution in [3.63, 3.8) is 0 Å².